The van der Waals surface area contributed by atoms with Crippen LogP contribution in [0.3, 0.4) is 0 Å². The largest absolute Gasteiger partial charge is 0.278 e. The lowest BCUT2D eigenvalue weighted by molar-refractivity contribution is 1.02. The van der Waals surface area contributed by atoms with Crippen LogP contribution in [-0.2, 0) is 0 Å². The summed E-state index contributed by atoms with van der Waals surface area (Å²) in [5.74, 6) is 0.684. The van der Waals surface area contributed by atoms with Crippen LogP contribution in [0.1, 0.15) is 0 Å². The average Bonchev–Trinajstić information content (AvgIpc) is 3.91. The van der Waals surface area contributed by atoms with Crippen molar-refractivity contribution >= 4 is 128 Å². The summed E-state index contributed by atoms with van der Waals surface area (Å²) in [4.78, 5) is 12.1. The van der Waals surface area contributed by atoms with Crippen molar-refractivity contribution in [1.82, 2.24) is 14.5 Å². The third kappa shape index (κ3) is 4.09. The van der Waals surface area contributed by atoms with Gasteiger partial charge in [-0.05, 0) is 80.2 Å². The first-order valence-electron chi connectivity index (χ1n) is 18.6. The van der Waals surface area contributed by atoms with Crippen molar-refractivity contribution in [2.75, 3.05) is 0 Å². The molecule has 254 valence electrons. The average molecular weight is 734 g/mol. The van der Waals surface area contributed by atoms with E-state index in [2.05, 4.69) is 168 Å². The number of thiophene rings is 2. The molecular weight excluding hydrogens is 707 g/mol. The van der Waals surface area contributed by atoms with E-state index >= 15 is 0 Å². The standard InChI is InChI=1S/C50H27N3S2/c1-2-12-29-27-41-39(25-28(29)11-1)46-40(23-22-36-33-15-4-3-13-31(33)32-14-5-6-17-35(32)45(36)46)53(41)50-51-48(47-37-18-8-10-20-43(37)55-49(47)52-50)30-21-24-44-38(26-30)34-16-7-9-19-42(34)54-44/h1-27H. The smallest absolute Gasteiger partial charge is 0.236 e. The summed E-state index contributed by atoms with van der Waals surface area (Å²) < 4.78 is 6.12. The van der Waals surface area contributed by atoms with Crippen molar-refractivity contribution in [3.8, 4) is 17.2 Å². The van der Waals surface area contributed by atoms with Crippen LogP contribution in [0.2, 0.25) is 0 Å². The highest BCUT2D eigenvalue weighted by Gasteiger charge is 2.23. The Hall–Kier alpha value is -6.66. The monoisotopic (exact) mass is 733 g/mol. The second kappa shape index (κ2) is 11.0. The fourth-order valence-corrected chi connectivity index (χ4v) is 11.4. The van der Waals surface area contributed by atoms with Crippen LogP contribution in [0.5, 0.6) is 0 Å². The normalized spacial score (nSPS) is 12.4. The van der Waals surface area contributed by atoms with E-state index < -0.39 is 0 Å². The predicted octanol–water partition coefficient (Wildman–Crippen LogP) is 14.6. The van der Waals surface area contributed by atoms with Crippen molar-refractivity contribution in [2.45, 2.75) is 0 Å². The van der Waals surface area contributed by atoms with Crippen LogP contribution in [0.25, 0.3) is 123 Å². The summed E-state index contributed by atoms with van der Waals surface area (Å²) >= 11 is 3.59. The molecule has 4 aromatic heterocycles. The van der Waals surface area contributed by atoms with E-state index in [1.54, 1.807) is 11.3 Å². The van der Waals surface area contributed by atoms with Crippen LogP contribution < -0.4 is 0 Å². The number of nitrogens with zero attached hydrogens (tertiary/aromatic N) is 3. The van der Waals surface area contributed by atoms with Crippen LogP contribution in [0.4, 0.5) is 0 Å². The Morgan fingerprint density at radius 3 is 1.75 bits per heavy atom. The maximum absolute atomic E-state index is 5.64. The van der Waals surface area contributed by atoms with Gasteiger partial charge in [0.2, 0.25) is 5.95 Å². The van der Waals surface area contributed by atoms with Gasteiger partial charge in [-0.1, -0.05) is 121 Å². The lowest BCUT2D eigenvalue weighted by Gasteiger charge is -2.13. The quantitative estimate of drug-likeness (QED) is 0.166. The molecule has 0 saturated carbocycles. The fourth-order valence-electron chi connectivity index (χ4n) is 9.20. The third-order valence-electron chi connectivity index (χ3n) is 11.6. The van der Waals surface area contributed by atoms with Crippen molar-refractivity contribution in [3.05, 3.63) is 164 Å². The second-order valence-electron chi connectivity index (χ2n) is 14.5. The zero-order valence-electron chi connectivity index (χ0n) is 29.2. The molecule has 13 aromatic rings. The molecule has 13 rings (SSSR count). The van der Waals surface area contributed by atoms with Gasteiger partial charge in [0.15, 0.2) is 0 Å². The predicted molar refractivity (Wildman–Crippen MR) is 238 cm³/mol. The van der Waals surface area contributed by atoms with Crippen LogP contribution in [0.15, 0.2) is 164 Å². The molecule has 55 heavy (non-hydrogen) atoms. The van der Waals surface area contributed by atoms with Gasteiger partial charge < -0.3 is 0 Å². The molecule has 3 nitrogen and oxygen atoms in total. The molecule has 0 radical (unpaired) electrons. The van der Waals surface area contributed by atoms with E-state index in [1.807, 2.05) is 11.3 Å². The number of hydrogen-bond acceptors (Lipinski definition) is 4. The Bertz CT molecular complexity index is 3760. The van der Waals surface area contributed by atoms with Gasteiger partial charge in [-0.25, -0.2) is 9.97 Å². The zero-order valence-corrected chi connectivity index (χ0v) is 30.9. The van der Waals surface area contributed by atoms with Gasteiger partial charge >= 0.3 is 0 Å². The first kappa shape index (κ1) is 29.8. The molecule has 0 fully saturated rings. The summed E-state index contributed by atoms with van der Waals surface area (Å²) in [5, 5.41) is 17.3. The molecule has 0 N–H and O–H groups in total. The topological polar surface area (TPSA) is 30.7 Å². The van der Waals surface area contributed by atoms with Crippen molar-refractivity contribution in [2.24, 2.45) is 0 Å². The Balaban J connectivity index is 1.21. The summed E-state index contributed by atoms with van der Waals surface area (Å²) in [6.07, 6.45) is 0. The lowest BCUT2D eigenvalue weighted by atomic mass is 9.91. The minimum atomic E-state index is 0.684. The van der Waals surface area contributed by atoms with Crippen LogP contribution in [0, 0.1) is 0 Å². The van der Waals surface area contributed by atoms with Crippen molar-refractivity contribution in [1.29, 1.82) is 0 Å². The summed E-state index contributed by atoms with van der Waals surface area (Å²) in [6.45, 7) is 0. The third-order valence-corrected chi connectivity index (χ3v) is 13.8. The van der Waals surface area contributed by atoms with E-state index in [4.69, 9.17) is 9.97 Å². The van der Waals surface area contributed by atoms with E-state index in [1.165, 1.54) is 84.1 Å². The molecule has 4 heterocycles. The minimum Gasteiger partial charge on any atom is -0.278 e. The molecule has 0 saturated heterocycles. The highest BCUT2D eigenvalue weighted by molar-refractivity contribution is 7.26. The molecule has 0 bridgehead atoms. The molecule has 0 spiro atoms. The minimum absolute atomic E-state index is 0.684. The Kier molecular flexibility index (Phi) is 5.93. The fraction of sp³-hybridized carbons (Fsp3) is 0. The van der Waals surface area contributed by atoms with E-state index in [-0.39, 0.29) is 0 Å². The van der Waals surface area contributed by atoms with Crippen LogP contribution >= 0.6 is 22.7 Å². The number of benzene rings is 9. The van der Waals surface area contributed by atoms with E-state index in [9.17, 15) is 0 Å². The maximum Gasteiger partial charge on any atom is 0.236 e. The summed E-state index contributed by atoms with van der Waals surface area (Å²) in [7, 11) is 0. The van der Waals surface area contributed by atoms with Gasteiger partial charge in [0.05, 0.1) is 16.7 Å². The molecule has 0 atom stereocenters. The molecule has 9 aromatic carbocycles. The summed E-state index contributed by atoms with van der Waals surface area (Å²) in [5.41, 5.74) is 4.26. The van der Waals surface area contributed by atoms with Gasteiger partial charge in [0.25, 0.3) is 0 Å². The SMILES string of the molecule is c1ccc2cc3c(cc2c1)c1c2c4ccccc4c4ccccc4c2ccc1n3-c1nc(-c2ccc3sc4ccccc4c3c2)c2c(n1)sc1ccccc12. The zero-order chi connectivity index (χ0) is 35.8. The Morgan fingerprint density at radius 1 is 0.364 bits per heavy atom. The summed E-state index contributed by atoms with van der Waals surface area (Å²) in [6, 6.07) is 59.9. The highest BCUT2D eigenvalue weighted by atomic mass is 32.1. The van der Waals surface area contributed by atoms with Gasteiger partial charge in [0.1, 0.15) is 4.83 Å². The Labute approximate surface area is 322 Å². The van der Waals surface area contributed by atoms with Gasteiger partial charge in [-0.15, -0.1) is 22.7 Å². The molecule has 0 aliphatic carbocycles. The van der Waals surface area contributed by atoms with Crippen molar-refractivity contribution < 1.29 is 0 Å². The number of hydrogen-bond donors (Lipinski definition) is 0. The second-order valence-corrected chi connectivity index (χ2v) is 16.6. The van der Waals surface area contributed by atoms with E-state index in [0.29, 0.717) is 5.95 Å². The molecular formula is C50H27N3S2. The molecule has 0 unspecified atom stereocenters. The van der Waals surface area contributed by atoms with Gasteiger partial charge in [-0.3, -0.25) is 4.57 Å². The number of fused-ring (bicyclic) bond motifs is 17. The van der Waals surface area contributed by atoms with Gasteiger partial charge in [0, 0.05) is 57.4 Å². The molecule has 0 amide bonds. The number of aromatic nitrogens is 3. The van der Waals surface area contributed by atoms with E-state index in [0.717, 1.165) is 32.5 Å². The maximum atomic E-state index is 5.64. The first-order valence-corrected chi connectivity index (χ1v) is 20.2. The first-order chi connectivity index (χ1) is 27.3. The Morgan fingerprint density at radius 2 is 0.964 bits per heavy atom. The lowest BCUT2D eigenvalue weighted by Crippen LogP contribution is -2.02. The van der Waals surface area contributed by atoms with Crippen LogP contribution in [-0.4, -0.2) is 14.5 Å². The molecule has 0 aliphatic heterocycles. The molecule has 5 heteroatoms. The van der Waals surface area contributed by atoms with Gasteiger partial charge in [-0.2, -0.15) is 0 Å². The highest BCUT2D eigenvalue weighted by Crippen LogP contribution is 2.46. The van der Waals surface area contributed by atoms with Crippen molar-refractivity contribution in [3.63, 3.8) is 0 Å². The molecule has 0 aliphatic rings. The number of rotatable bonds is 2.